The number of hydrogen-bond donors (Lipinski definition) is 1. The molecule has 0 radical (unpaired) electrons. The zero-order valence-electron chi connectivity index (χ0n) is 15.0. The Kier molecular flexibility index (Phi) is 5.23. The van der Waals surface area contributed by atoms with E-state index in [-0.39, 0.29) is 28.9 Å². The van der Waals surface area contributed by atoms with Crippen LogP contribution in [0, 0.1) is 0 Å². The maximum absolute atomic E-state index is 12.6. The van der Waals surface area contributed by atoms with Gasteiger partial charge in [0.1, 0.15) is 0 Å². The van der Waals surface area contributed by atoms with Gasteiger partial charge in [0.25, 0.3) is 0 Å². The zero-order valence-corrected chi connectivity index (χ0v) is 15.9. The SMILES string of the molecule is CC1CN(C(C)(C)CNC(=O)C2Cc3ccccc3S2)CC(C)O1. The molecule has 0 aromatic heterocycles. The highest BCUT2D eigenvalue weighted by Crippen LogP contribution is 2.36. The summed E-state index contributed by atoms with van der Waals surface area (Å²) in [5, 5.41) is 3.19. The molecule has 2 aliphatic rings. The number of carbonyl (C=O) groups excluding carboxylic acids is 1. The number of thioether (sulfide) groups is 1. The van der Waals surface area contributed by atoms with E-state index in [4.69, 9.17) is 4.74 Å². The number of morpholine rings is 1. The third-order valence-electron chi connectivity index (χ3n) is 4.91. The van der Waals surface area contributed by atoms with Crippen molar-refractivity contribution in [1.29, 1.82) is 0 Å². The summed E-state index contributed by atoms with van der Waals surface area (Å²) in [5.74, 6) is 0.152. The molecule has 1 amide bonds. The fourth-order valence-corrected chi connectivity index (χ4v) is 4.75. The lowest BCUT2D eigenvalue weighted by atomic mass is 10.00. The zero-order chi connectivity index (χ0) is 17.3. The highest BCUT2D eigenvalue weighted by molar-refractivity contribution is 8.01. The number of fused-ring (bicyclic) bond motifs is 1. The van der Waals surface area contributed by atoms with Crippen molar-refractivity contribution in [1.82, 2.24) is 10.2 Å². The average Bonchev–Trinajstić information content (AvgIpc) is 2.96. The van der Waals surface area contributed by atoms with Crippen molar-refractivity contribution in [2.45, 2.75) is 62.0 Å². The molecule has 3 unspecified atom stereocenters. The second-order valence-electron chi connectivity index (χ2n) is 7.61. The Labute approximate surface area is 149 Å². The second kappa shape index (κ2) is 7.06. The molecule has 1 aromatic rings. The Morgan fingerprint density at radius 3 is 2.62 bits per heavy atom. The standard InChI is InChI=1S/C19H28N2O2S/c1-13-10-21(11-14(2)23-13)19(3,4)12-20-18(22)17-9-15-7-5-6-8-16(15)24-17/h5-8,13-14,17H,9-12H2,1-4H3,(H,20,22). The number of nitrogens with zero attached hydrogens (tertiary/aromatic N) is 1. The van der Waals surface area contributed by atoms with E-state index in [2.05, 4.69) is 50.0 Å². The van der Waals surface area contributed by atoms with E-state index in [0.29, 0.717) is 6.54 Å². The number of hydrogen-bond acceptors (Lipinski definition) is 4. The molecule has 3 rings (SSSR count). The third kappa shape index (κ3) is 3.95. The van der Waals surface area contributed by atoms with Crippen molar-refractivity contribution in [3.63, 3.8) is 0 Å². The van der Waals surface area contributed by atoms with E-state index >= 15 is 0 Å². The van der Waals surface area contributed by atoms with Gasteiger partial charge < -0.3 is 10.1 Å². The van der Waals surface area contributed by atoms with Crippen molar-refractivity contribution in [2.75, 3.05) is 19.6 Å². The van der Waals surface area contributed by atoms with Gasteiger partial charge in [-0.15, -0.1) is 11.8 Å². The van der Waals surface area contributed by atoms with Crippen LogP contribution >= 0.6 is 11.8 Å². The molecule has 0 aliphatic carbocycles. The molecule has 0 spiro atoms. The lowest BCUT2D eigenvalue weighted by molar-refractivity contribution is -0.122. The summed E-state index contributed by atoms with van der Waals surface area (Å²) in [6.45, 7) is 11.1. The van der Waals surface area contributed by atoms with Gasteiger partial charge in [0.15, 0.2) is 0 Å². The first-order valence-corrected chi connectivity index (χ1v) is 9.66. The van der Waals surface area contributed by atoms with Crippen LogP contribution < -0.4 is 5.32 Å². The topological polar surface area (TPSA) is 41.6 Å². The second-order valence-corrected chi connectivity index (χ2v) is 8.86. The largest absolute Gasteiger partial charge is 0.373 e. The molecule has 1 aromatic carbocycles. The molecule has 1 N–H and O–H groups in total. The molecular weight excluding hydrogens is 320 g/mol. The summed E-state index contributed by atoms with van der Waals surface area (Å²) >= 11 is 1.69. The Balaban J connectivity index is 1.54. The summed E-state index contributed by atoms with van der Waals surface area (Å²) in [4.78, 5) is 16.3. The van der Waals surface area contributed by atoms with Crippen molar-refractivity contribution >= 4 is 17.7 Å². The number of amides is 1. The van der Waals surface area contributed by atoms with Crippen LogP contribution in [0.1, 0.15) is 33.3 Å². The predicted molar refractivity (Wildman–Crippen MR) is 98.5 cm³/mol. The van der Waals surface area contributed by atoms with Gasteiger partial charge in [0.2, 0.25) is 5.91 Å². The predicted octanol–water partition coefficient (Wildman–Crippen LogP) is 2.71. The minimum absolute atomic E-state index is 0.000682. The fraction of sp³-hybridized carbons (Fsp3) is 0.632. The lowest BCUT2D eigenvalue weighted by Crippen LogP contribution is -2.59. The number of benzene rings is 1. The lowest BCUT2D eigenvalue weighted by Gasteiger charge is -2.45. The summed E-state index contributed by atoms with van der Waals surface area (Å²) < 4.78 is 5.82. The van der Waals surface area contributed by atoms with Gasteiger partial charge in [-0.05, 0) is 45.7 Å². The maximum Gasteiger partial charge on any atom is 0.233 e. The molecule has 3 atom stereocenters. The number of carbonyl (C=O) groups is 1. The van der Waals surface area contributed by atoms with Crippen LogP contribution in [0.2, 0.25) is 0 Å². The van der Waals surface area contributed by atoms with Crippen molar-refractivity contribution in [3.8, 4) is 0 Å². The number of ether oxygens (including phenoxy) is 1. The monoisotopic (exact) mass is 348 g/mol. The summed E-state index contributed by atoms with van der Waals surface area (Å²) in [6.07, 6.45) is 1.31. The van der Waals surface area contributed by atoms with Gasteiger partial charge in [0.05, 0.1) is 17.5 Å². The Morgan fingerprint density at radius 2 is 1.96 bits per heavy atom. The fourth-order valence-electron chi connectivity index (χ4n) is 3.53. The van der Waals surface area contributed by atoms with Crippen LogP contribution in [-0.2, 0) is 16.0 Å². The molecule has 1 saturated heterocycles. The van der Waals surface area contributed by atoms with Gasteiger partial charge in [-0.2, -0.15) is 0 Å². The van der Waals surface area contributed by atoms with Crippen LogP contribution in [0.4, 0.5) is 0 Å². The van der Waals surface area contributed by atoms with Crippen molar-refractivity contribution in [3.05, 3.63) is 29.8 Å². The minimum Gasteiger partial charge on any atom is -0.373 e. The van der Waals surface area contributed by atoms with Gasteiger partial charge in [0, 0.05) is 30.1 Å². The van der Waals surface area contributed by atoms with Crippen LogP contribution in [0.25, 0.3) is 0 Å². The summed E-state index contributed by atoms with van der Waals surface area (Å²) in [7, 11) is 0. The molecule has 24 heavy (non-hydrogen) atoms. The Hall–Kier alpha value is -1.04. The van der Waals surface area contributed by atoms with Gasteiger partial charge in [-0.25, -0.2) is 0 Å². The van der Waals surface area contributed by atoms with E-state index in [1.165, 1.54) is 10.5 Å². The summed E-state index contributed by atoms with van der Waals surface area (Å²) in [6, 6.07) is 8.31. The third-order valence-corrected chi connectivity index (χ3v) is 6.23. The maximum atomic E-state index is 12.6. The molecular formula is C19H28N2O2S. The minimum atomic E-state index is -0.0713. The summed E-state index contributed by atoms with van der Waals surface area (Å²) in [5.41, 5.74) is 1.22. The number of rotatable bonds is 4. The quantitative estimate of drug-likeness (QED) is 0.908. The highest BCUT2D eigenvalue weighted by Gasteiger charge is 2.35. The Bertz CT molecular complexity index is 570. The molecule has 5 heteroatoms. The average molecular weight is 349 g/mol. The molecule has 4 nitrogen and oxygen atoms in total. The van der Waals surface area contributed by atoms with E-state index in [9.17, 15) is 4.79 Å². The smallest absolute Gasteiger partial charge is 0.233 e. The van der Waals surface area contributed by atoms with Crippen molar-refractivity contribution in [2.24, 2.45) is 0 Å². The molecule has 1 fully saturated rings. The van der Waals surface area contributed by atoms with E-state index in [1.54, 1.807) is 11.8 Å². The van der Waals surface area contributed by atoms with Gasteiger partial charge in [-0.3, -0.25) is 9.69 Å². The Morgan fingerprint density at radius 1 is 1.29 bits per heavy atom. The highest BCUT2D eigenvalue weighted by atomic mass is 32.2. The van der Waals surface area contributed by atoms with E-state index in [0.717, 1.165) is 19.5 Å². The van der Waals surface area contributed by atoms with Crippen LogP contribution in [0.5, 0.6) is 0 Å². The van der Waals surface area contributed by atoms with Crippen molar-refractivity contribution < 1.29 is 9.53 Å². The molecule has 0 bridgehead atoms. The van der Waals surface area contributed by atoms with E-state index in [1.807, 2.05) is 12.1 Å². The first-order chi connectivity index (χ1) is 11.3. The molecule has 0 saturated carbocycles. The van der Waals surface area contributed by atoms with Gasteiger partial charge in [-0.1, -0.05) is 18.2 Å². The molecule has 2 heterocycles. The molecule has 2 aliphatic heterocycles. The molecule has 132 valence electrons. The van der Waals surface area contributed by atoms with Gasteiger partial charge >= 0.3 is 0 Å². The van der Waals surface area contributed by atoms with Crippen LogP contribution in [0.15, 0.2) is 29.2 Å². The normalized spacial score (nSPS) is 27.8. The first-order valence-electron chi connectivity index (χ1n) is 8.78. The first kappa shape index (κ1) is 17.8. The van der Waals surface area contributed by atoms with Crippen LogP contribution in [0.3, 0.4) is 0 Å². The number of nitrogens with one attached hydrogen (secondary N) is 1. The van der Waals surface area contributed by atoms with E-state index < -0.39 is 0 Å². The van der Waals surface area contributed by atoms with Crippen LogP contribution in [-0.4, -0.2) is 53.4 Å².